The van der Waals surface area contributed by atoms with E-state index < -0.39 is 0 Å². The zero-order chi connectivity index (χ0) is 12.4. The van der Waals surface area contributed by atoms with Crippen LogP contribution in [0, 0.1) is 5.92 Å². The molecule has 0 amide bonds. The van der Waals surface area contributed by atoms with Crippen LogP contribution in [0.2, 0.25) is 0 Å². The first kappa shape index (κ1) is 14.6. The van der Waals surface area contributed by atoms with E-state index >= 15 is 0 Å². The highest BCUT2D eigenvalue weighted by Gasteiger charge is 2.05. The van der Waals surface area contributed by atoms with Crippen LogP contribution >= 0.6 is 0 Å². The van der Waals surface area contributed by atoms with Crippen molar-refractivity contribution in [1.82, 2.24) is 0 Å². The summed E-state index contributed by atoms with van der Waals surface area (Å²) in [7, 11) is 1.50. The number of ether oxygens (including phenoxy) is 1. The second-order valence-corrected chi connectivity index (χ2v) is 3.68. The van der Waals surface area contributed by atoms with Gasteiger partial charge in [-0.05, 0) is 31.5 Å². The van der Waals surface area contributed by atoms with Crippen LogP contribution in [0.25, 0.3) is 0 Å². The van der Waals surface area contributed by atoms with E-state index in [1.165, 1.54) is 7.05 Å². The summed E-state index contributed by atoms with van der Waals surface area (Å²) in [5.41, 5.74) is 5.12. The molecule has 1 aromatic rings. The fraction of sp³-hybridized carbons (Fsp3) is 0.462. The minimum absolute atomic E-state index is 0.230. The Kier molecular flexibility index (Phi) is 8.17. The van der Waals surface area contributed by atoms with E-state index in [4.69, 9.17) is 4.74 Å². The summed E-state index contributed by atoms with van der Waals surface area (Å²) in [6.45, 7) is 4.72. The van der Waals surface area contributed by atoms with Crippen LogP contribution in [0.5, 0.6) is 0 Å². The van der Waals surface area contributed by atoms with Crippen LogP contribution in [-0.4, -0.2) is 19.6 Å². The average Bonchev–Trinajstić information content (AvgIpc) is 2.32. The molecule has 0 saturated heterocycles. The van der Waals surface area contributed by atoms with Gasteiger partial charge in [-0.25, -0.2) is 4.79 Å². The van der Waals surface area contributed by atoms with Gasteiger partial charge in [-0.1, -0.05) is 32.0 Å². The summed E-state index contributed by atoms with van der Waals surface area (Å²) in [5.74, 6) is 0.338. The molecule has 0 aliphatic rings. The molecule has 0 saturated carbocycles. The number of nitrogens with two attached hydrogens (primary N) is 1. The zero-order valence-corrected chi connectivity index (χ0v) is 10.3. The molecule has 0 aliphatic heterocycles. The first-order valence-electron chi connectivity index (χ1n) is 5.50. The van der Waals surface area contributed by atoms with Gasteiger partial charge in [-0.3, -0.25) is 0 Å². The van der Waals surface area contributed by atoms with Gasteiger partial charge in [0.15, 0.2) is 0 Å². The summed E-state index contributed by atoms with van der Waals surface area (Å²) in [4.78, 5) is 11.4. The number of hydrogen-bond donors (Lipinski definition) is 1. The van der Waals surface area contributed by atoms with Crippen molar-refractivity contribution >= 4 is 5.97 Å². The minimum Gasteiger partial charge on any atom is -0.462 e. The van der Waals surface area contributed by atoms with Crippen LogP contribution in [0.1, 0.15) is 30.6 Å². The molecule has 0 aliphatic carbocycles. The predicted molar refractivity (Wildman–Crippen MR) is 66.3 cm³/mol. The Hall–Kier alpha value is -1.35. The van der Waals surface area contributed by atoms with Gasteiger partial charge in [0, 0.05) is 0 Å². The summed E-state index contributed by atoms with van der Waals surface area (Å²) in [6.07, 6.45) is 0.915. The largest absolute Gasteiger partial charge is 0.462 e. The Balaban J connectivity index is 0.00000106. The van der Waals surface area contributed by atoms with Crippen molar-refractivity contribution in [2.45, 2.75) is 20.3 Å². The molecule has 0 fully saturated rings. The fourth-order valence-corrected chi connectivity index (χ4v) is 1.04. The van der Waals surface area contributed by atoms with Gasteiger partial charge >= 0.3 is 5.97 Å². The number of carbonyl (C=O) groups is 1. The quantitative estimate of drug-likeness (QED) is 0.798. The van der Waals surface area contributed by atoms with Gasteiger partial charge in [-0.2, -0.15) is 0 Å². The Morgan fingerprint density at radius 2 is 1.81 bits per heavy atom. The van der Waals surface area contributed by atoms with E-state index in [1.54, 1.807) is 12.1 Å². The van der Waals surface area contributed by atoms with Crippen molar-refractivity contribution in [3.8, 4) is 0 Å². The molecule has 3 heteroatoms. The maximum Gasteiger partial charge on any atom is 0.338 e. The van der Waals surface area contributed by atoms with Crippen LogP contribution in [0.3, 0.4) is 0 Å². The van der Waals surface area contributed by atoms with Gasteiger partial charge in [-0.15, -0.1) is 0 Å². The molecule has 0 radical (unpaired) electrons. The number of benzene rings is 1. The van der Waals surface area contributed by atoms with E-state index in [1.807, 2.05) is 18.2 Å². The SMILES string of the molecule is CC(C)CCOC(=O)c1ccccc1.CN. The van der Waals surface area contributed by atoms with Gasteiger partial charge in [0.1, 0.15) is 0 Å². The number of hydrogen-bond acceptors (Lipinski definition) is 3. The lowest BCUT2D eigenvalue weighted by atomic mass is 10.1. The molecule has 2 N–H and O–H groups in total. The predicted octanol–water partition coefficient (Wildman–Crippen LogP) is 2.46. The average molecular weight is 223 g/mol. The van der Waals surface area contributed by atoms with Crippen molar-refractivity contribution in [2.75, 3.05) is 13.7 Å². The number of esters is 1. The Bertz CT molecular complexity index is 283. The third-order valence-electron chi connectivity index (χ3n) is 1.94. The molecular formula is C13H21NO2. The highest BCUT2D eigenvalue weighted by Crippen LogP contribution is 2.04. The third kappa shape index (κ3) is 6.19. The van der Waals surface area contributed by atoms with E-state index in [9.17, 15) is 4.79 Å². The van der Waals surface area contributed by atoms with Gasteiger partial charge in [0.25, 0.3) is 0 Å². The normalized spacial score (nSPS) is 9.31. The molecule has 0 aromatic heterocycles. The van der Waals surface area contributed by atoms with Crippen LogP contribution in [-0.2, 0) is 4.74 Å². The summed E-state index contributed by atoms with van der Waals surface area (Å²) < 4.78 is 5.10. The maximum atomic E-state index is 11.4. The molecule has 1 rings (SSSR count). The number of carbonyl (C=O) groups excluding carboxylic acids is 1. The van der Waals surface area contributed by atoms with Crippen molar-refractivity contribution in [1.29, 1.82) is 0 Å². The molecule has 3 nitrogen and oxygen atoms in total. The second-order valence-electron chi connectivity index (χ2n) is 3.68. The molecule has 16 heavy (non-hydrogen) atoms. The first-order valence-corrected chi connectivity index (χ1v) is 5.50. The fourth-order valence-electron chi connectivity index (χ4n) is 1.04. The third-order valence-corrected chi connectivity index (χ3v) is 1.94. The summed E-state index contributed by atoms with van der Waals surface area (Å²) >= 11 is 0. The monoisotopic (exact) mass is 223 g/mol. The minimum atomic E-state index is -0.230. The molecular weight excluding hydrogens is 202 g/mol. The lowest BCUT2D eigenvalue weighted by Gasteiger charge is -2.06. The van der Waals surface area contributed by atoms with Crippen LogP contribution in [0.4, 0.5) is 0 Å². The molecule has 1 aromatic carbocycles. The summed E-state index contributed by atoms with van der Waals surface area (Å²) in [5, 5.41) is 0. The van der Waals surface area contributed by atoms with E-state index in [0.29, 0.717) is 18.1 Å². The standard InChI is InChI=1S/C12H16O2.CH5N/c1-10(2)8-9-14-12(13)11-6-4-3-5-7-11;1-2/h3-7,10H,8-9H2,1-2H3;2H2,1H3. The van der Waals surface area contributed by atoms with Crippen molar-refractivity contribution < 1.29 is 9.53 Å². The molecule has 0 heterocycles. The van der Waals surface area contributed by atoms with Crippen LogP contribution < -0.4 is 5.73 Å². The van der Waals surface area contributed by atoms with Gasteiger partial charge in [0.2, 0.25) is 0 Å². The highest BCUT2D eigenvalue weighted by molar-refractivity contribution is 5.89. The van der Waals surface area contributed by atoms with E-state index in [2.05, 4.69) is 19.6 Å². The van der Waals surface area contributed by atoms with Crippen LogP contribution in [0.15, 0.2) is 30.3 Å². The Morgan fingerprint density at radius 3 is 2.31 bits per heavy atom. The summed E-state index contributed by atoms with van der Waals surface area (Å²) in [6, 6.07) is 9.07. The van der Waals surface area contributed by atoms with Crippen molar-refractivity contribution in [2.24, 2.45) is 11.7 Å². The molecule has 0 bridgehead atoms. The van der Waals surface area contributed by atoms with Gasteiger partial charge < -0.3 is 10.5 Å². The molecule has 0 atom stereocenters. The molecule has 90 valence electrons. The Labute approximate surface area is 97.6 Å². The van der Waals surface area contributed by atoms with E-state index in [-0.39, 0.29) is 5.97 Å². The van der Waals surface area contributed by atoms with Crippen molar-refractivity contribution in [3.05, 3.63) is 35.9 Å². The highest BCUT2D eigenvalue weighted by atomic mass is 16.5. The Morgan fingerprint density at radius 1 is 1.25 bits per heavy atom. The molecule has 0 unspecified atom stereocenters. The first-order chi connectivity index (χ1) is 7.70. The zero-order valence-electron chi connectivity index (χ0n) is 10.3. The lowest BCUT2D eigenvalue weighted by Crippen LogP contribution is -2.07. The maximum absolute atomic E-state index is 11.4. The van der Waals surface area contributed by atoms with E-state index in [0.717, 1.165) is 6.42 Å². The lowest BCUT2D eigenvalue weighted by molar-refractivity contribution is 0.0488. The molecule has 0 spiro atoms. The topological polar surface area (TPSA) is 52.3 Å². The van der Waals surface area contributed by atoms with Gasteiger partial charge in [0.05, 0.1) is 12.2 Å². The second kappa shape index (κ2) is 8.92. The smallest absolute Gasteiger partial charge is 0.338 e. The van der Waals surface area contributed by atoms with Crippen molar-refractivity contribution in [3.63, 3.8) is 0 Å². The number of rotatable bonds is 4.